The number of hydrogen-bond donors (Lipinski definition) is 2. The molecule has 0 radical (unpaired) electrons. The maximum absolute atomic E-state index is 12.0. The van der Waals surface area contributed by atoms with Gasteiger partial charge in [-0.2, -0.15) is 0 Å². The molecule has 1 aromatic rings. The fourth-order valence-corrected chi connectivity index (χ4v) is 2.61. The molecule has 0 amide bonds. The summed E-state index contributed by atoms with van der Waals surface area (Å²) in [5.74, 6) is -0.851. The Labute approximate surface area is 167 Å². The van der Waals surface area contributed by atoms with Crippen LogP contribution in [0.1, 0.15) is 85.9 Å². The van der Waals surface area contributed by atoms with Gasteiger partial charge in [0, 0.05) is 0 Å². The highest BCUT2D eigenvalue weighted by molar-refractivity contribution is 5.93. The zero-order chi connectivity index (χ0) is 20.8. The largest absolute Gasteiger partial charge is 0.462 e. The van der Waals surface area contributed by atoms with Crippen LogP contribution in [0.4, 0.5) is 0 Å². The molecule has 6 heteroatoms. The van der Waals surface area contributed by atoms with Crippen molar-refractivity contribution in [2.75, 3.05) is 13.2 Å². The second-order valence-electron chi connectivity index (χ2n) is 6.96. The van der Waals surface area contributed by atoms with Gasteiger partial charge in [0.1, 0.15) is 0 Å². The van der Waals surface area contributed by atoms with Crippen molar-refractivity contribution in [1.29, 1.82) is 0 Å². The molecule has 0 aliphatic heterocycles. The number of unbranched alkanes of at least 4 members (excludes halogenated alkanes) is 2. The molecule has 0 spiro atoms. The van der Waals surface area contributed by atoms with Crippen LogP contribution in [-0.2, 0) is 9.47 Å². The molecule has 2 unspecified atom stereocenters. The van der Waals surface area contributed by atoms with Gasteiger partial charge in [-0.15, -0.1) is 0 Å². The first-order valence-electron chi connectivity index (χ1n) is 10.3. The lowest BCUT2D eigenvalue weighted by molar-refractivity contribution is 0.0478. The van der Waals surface area contributed by atoms with Crippen LogP contribution in [0, 0.1) is 0 Å². The van der Waals surface area contributed by atoms with Crippen molar-refractivity contribution >= 4 is 11.9 Å². The summed E-state index contributed by atoms with van der Waals surface area (Å²) in [7, 11) is 0. The Balaban J connectivity index is 2.27. The van der Waals surface area contributed by atoms with Gasteiger partial charge in [-0.05, 0) is 75.6 Å². The van der Waals surface area contributed by atoms with Crippen molar-refractivity contribution in [1.82, 2.24) is 0 Å². The Hall–Kier alpha value is -1.92. The molecule has 0 aliphatic rings. The molecule has 0 aromatic heterocycles. The normalized spacial score (nSPS) is 13.0. The lowest BCUT2D eigenvalue weighted by Crippen LogP contribution is -2.10. The van der Waals surface area contributed by atoms with E-state index in [2.05, 4.69) is 0 Å². The van der Waals surface area contributed by atoms with Crippen molar-refractivity contribution in [3.8, 4) is 0 Å². The van der Waals surface area contributed by atoms with Crippen LogP contribution in [0.25, 0.3) is 0 Å². The number of aliphatic hydroxyl groups excluding tert-OH is 2. The van der Waals surface area contributed by atoms with Gasteiger partial charge in [0.25, 0.3) is 0 Å². The van der Waals surface area contributed by atoms with Gasteiger partial charge in [-0.1, -0.05) is 13.8 Å². The standard InChI is InChI=1S/C22H34O6/c1-3-19(23)9-5-7-15-27-21(25)17-11-13-18(14-12-17)22(26)28-16-8-6-10-20(24)4-2/h11-14,19-20,23-24H,3-10,15-16H2,1-2H3. The van der Waals surface area contributed by atoms with E-state index in [9.17, 15) is 19.8 Å². The maximum atomic E-state index is 12.0. The summed E-state index contributed by atoms with van der Waals surface area (Å²) in [5, 5.41) is 18.9. The molecule has 1 aromatic carbocycles. The third-order valence-electron chi connectivity index (χ3n) is 4.63. The quantitative estimate of drug-likeness (QED) is 0.367. The molecule has 2 N–H and O–H groups in total. The van der Waals surface area contributed by atoms with Crippen LogP contribution in [0.5, 0.6) is 0 Å². The number of rotatable bonds is 14. The highest BCUT2D eigenvalue weighted by Crippen LogP contribution is 2.10. The van der Waals surface area contributed by atoms with Gasteiger partial charge in [0.15, 0.2) is 0 Å². The third kappa shape index (κ3) is 9.85. The van der Waals surface area contributed by atoms with Gasteiger partial charge < -0.3 is 19.7 Å². The van der Waals surface area contributed by atoms with E-state index in [1.165, 1.54) is 0 Å². The van der Waals surface area contributed by atoms with E-state index in [0.717, 1.165) is 25.7 Å². The number of carbonyl (C=O) groups excluding carboxylic acids is 2. The molecule has 1 rings (SSSR count). The Bertz CT molecular complexity index is 518. The summed E-state index contributed by atoms with van der Waals surface area (Å²) in [6.45, 7) is 4.49. The first-order chi connectivity index (χ1) is 13.5. The molecule has 0 bridgehead atoms. The van der Waals surface area contributed by atoms with E-state index in [-0.39, 0.29) is 12.2 Å². The Morgan fingerprint density at radius 1 is 0.750 bits per heavy atom. The molecule has 2 atom stereocenters. The average molecular weight is 395 g/mol. The van der Waals surface area contributed by atoms with Gasteiger partial charge >= 0.3 is 11.9 Å². The van der Waals surface area contributed by atoms with Crippen molar-refractivity contribution in [3.63, 3.8) is 0 Å². The van der Waals surface area contributed by atoms with Crippen molar-refractivity contribution in [2.45, 2.75) is 77.4 Å². The first kappa shape index (κ1) is 24.1. The Kier molecular flexibility index (Phi) is 12.2. The molecule has 0 saturated carbocycles. The number of ether oxygens (including phenoxy) is 2. The van der Waals surface area contributed by atoms with Crippen LogP contribution >= 0.6 is 0 Å². The van der Waals surface area contributed by atoms with E-state index < -0.39 is 11.9 Å². The fraction of sp³-hybridized carbons (Fsp3) is 0.636. The maximum Gasteiger partial charge on any atom is 0.338 e. The highest BCUT2D eigenvalue weighted by Gasteiger charge is 2.11. The minimum Gasteiger partial charge on any atom is -0.462 e. The lowest BCUT2D eigenvalue weighted by Gasteiger charge is -2.09. The lowest BCUT2D eigenvalue weighted by atomic mass is 10.1. The smallest absolute Gasteiger partial charge is 0.338 e. The second kappa shape index (κ2) is 14.1. The SMILES string of the molecule is CCC(O)CCCCOC(=O)c1ccc(C(=O)OCCCCC(O)CC)cc1. The van der Waals surface area contributed by atoms with Crippen LogP contribution < -0.4 is 0 Å². The van der Waals surface area contributed by atoms with Gasteiger partial charge in [0.05, 0.1) is 36.5 Å². The summed E-state index contributed by atoms with van der Waals surface area (Å²) in [5.41, 5.74) is 0.775. The predicted octanol–water partition coefficient (Wildman–Crippen LogP) is 3.88. The molecular weight excluding hydrogens is 360 g/mol. The van der Waals surface area contributed by atoms with Gasteiger partial charge in [0.2, 0.25) is 0 Å². The monoisotopic (exact) mass is 394 g/mol. The van der Waals surface area contributed by atoms with Crippen molar-refractivity contribution in [3.05, 3.63) is 35.4 Å². The molecule has 0 saturated heterocycles. The van der Waals surface area contributed by atoms with Crippen molar-refractivity contribution in [2.24, 2.45) is 0 Å². The second-order valence-corrected chi connectivity index (χ2v) is 6.96. The molecule has 28 heavy (non-hydrogen) atoms. The Morgan fingerprint density at radius 3 is 1.43 bits per heavy atom. The minimum atomic E-state index is -0.426. The molecule has 6 nitrogen and oxygen atoms in total. The predicted molar refractivity (Wildman–Crippen MR) is 107 cm³/mol. The zero-order valence-electron chi connectivity index (χ0n) is 17.1. The van der Waals surface area contributed by atoms with E-state index in [1.807, 2.05) is 13.8 Å². The average Bonchev–Trinajstić information content (AvgIpc) is 2.72. The summed E-state index contributed by atoms with van der Waals surface area (Å²) < 4.78 is 10.4. The third-order valence-corrected chi connectivity index (χ3v) is 4.63. The molecule has 0 aliphatic carbocycles. The number of esters is 2. The summed E-state index contributed by atoms with van der Waals surface area (Å²) >= 11 is 0. The van der Waals surface area contributed by atoms with Crippen LogP contribution in [0.3, 0.4) is 0 Å². The molecule has 158 valence electrons. The van der Waals surface area contributed by atoms with E-state index in [4.69, 9.17) is 9.47 Å². The summed E-state index contributed by atoms with van der Waals surface area (Å²) in [4.78, 5) is 24.0. The summed E-state index contributed by atoms with van der Waals surface area (Å²) in [6, 6.07) is 6.21. The highest BCUT2D eigenvalue weighted by atomic mass is 16.5. The number of benzene rings is 1. The number of aliphatic hydroxyl groups is 2. The van der Waals surface area contributed by atoms with Crippen LogP contribution in [0.15, 0.2) is 24.3 Å². The van der Waals surface area contributed by atoms with Gasteiger partial charge in [-0.3, -0.25) is 0 Å². The Morgan fingerprint density at radius 2 is 1.11 bits per heavy atom. The molecule has 0 fully saturated rings. The fourth-order valence-electron chi connectivity index (χ4n) is 2.61. The minimum absolute atomic E-state index is 0.286. The van der Waals surface area contributed by atoms with Gasteiger partial charge in [-0.25, -0.2) is 9.59 Å². The molecular formula is C22H34O6. The molecule has 0 heterocycles. The van der Waals surface area contributed by atoms with E-state index in [1.54, 1.807) is 24.3 Å². The van der Waals surface area contributed by atoms with Crippen LogP contribution in [0.2, 0.25) is 0 Å². The first-order valence-corrected chi connectivity index (χ1v) is 10.3. The topological polar surface area (TPSA) is 93.1 Å². The number of hydrogen-bond acceptors (Lipinski definition) is 6. The number of carbonyl (C=O) groups is 2. The van der Waals surface area contributed by atoms with Crippen LogP contribution in [-0.4, -0.2) is 47.6 Å². The van der Waals surface area contributed by atoms with E-state index >= 15 is 0 Å². The zero-order valence-corrected chi connectivity index (χ0v) is 17.1. The summed E-state index contributed by atoms with van der Waals surface area (Å²) in [6.07, 6.45) is 5.36. The van der Waals surface area contributed by atoms with Crippen molar-refractivity contribution < 1.29 is 29.3 Å². The van der Waals surface area contributed by atoms with E-state index in [0.29, 0.717) is 50.0 Å².